The maximum absolute atomic E-state index is 12.4. The molecule has 1 saturated carbocycles. The first-order valence-corrected chi connectivity index (χ1v) is 8.98. The van der Waals surface area contributed by atoms with Crippen LogP contribution in [0.4, 0.5) is 0 Å². The number of nitrogens with zero attached hydrogens (tertiary/aromatic N) is 2. The zero-order valence-electron chi connectivity index (χ0n) is 15.4. The maximum atomic E-state index is 12.4. The molecule has 136 valence electrons. The number of fused-ring (bicyclic) bond motifs is 1. The van der Waals surface area contributed by atoms with E-state index in [1.54, 1.807) is 0 Å². The summed E-state index contributed by atoms with van der Waals surface area (Å²) in [4.78, 5) is 40.2. The van der Waals surface area contributed by atoms with Gasteiger partial charge in [0.05, 0.1) is 11.8 Å². The van der Waals surface area contributed by atoms with Crippen molar-refractivity contribution in [2.45, 2.75) is 46.0 Å². The highest BCUT2D eigenvalue weighted by Gasteiger charge is 2.47. The molecule has 3 amide bonds. The predicted molar refractivity (Wildman–Crippen MR) is 92.1 cm³/mol. The van der Waals surface area contributed by atoms with Crippen LogP contribution in [0.15, 0.2) is 0 Å². The van der Waals surface area contributed by atoms with Gasteiger partial charge >= 0.3 is 0 Å². The van der Waals surface area contributed by atoms with Crippen LogP contribution >= 0.6 is 0 Å². The second-order valence-corrected chi connectivity index (χ2v) is 8.25. The van der Waals surface area contributed by atoms with E-state index in [0.29, 0.717) is 6.54 Å². The van der Waals surface area contributed by atoms with Gasteiger partial charge in [-0.15, -0.1) is 0 Å². The fourth-order valence-electron chi connectivity index (χ4n) is 4.00. The van der Waals surface area contributed by atoms with Crippen LogP contribution in [0.5, 0.6) is 0 Å². The number of imide groups is 1. The van der Waals surface area contributed by atoms with Crippen LogP contribution in [0.1, 0.15) is 46.0 Å². The smallest absolute Gasteiger partial charge is 0.233 e. The van der Waals surface area contributed by atoms with Crippen LogP contribution in [0.2, 0.25) is 0 Å². The minimum absolute atomic E-state index is 0.0205. The number of rotatable bonds is 7. The Kier molecular flexibility index (Phi) is 6.01. The molecule has 0 aromatic rings. The number of carbonyl (C=O) groups is 3. The Morgan fingerprint density at radius 1 is 1.17 bits per heavy atom. The van der Waals surface area contributed by atoms with Crippen molar-refractivity contribution in [3.63, 3.8) is 0 Å². The van der Waals surface area contributed by atoms with Crippen molar-refractivity contribution in [1.82, 2.24) is 15.1 Å². The molecule has 6 nitrogen and oxygen atoms in total. The Hall–Kier alpha value is -1.43. The van der Waals surface area contributed by atoms with Crippen molar-refractivity contribution in [2.24, 2.45) is 17.3 Å². The summed E-state index contributed by atoms with van der Waals surface area (Å²) in [6.45, 7) is 5.87. The summed E-state index contributed by atoms with van der Waals surface area (Å²) in [5.41, 5.74) is -0.0205. The van der Waals surface area contributed by atoms with Crippen LogP contribution in [0.25, 0.3) is 0 Å². The number of carbonyl (C=O) groups excluding carboxylic acids is 3. The first kappa shape index (κ1) is 18.9. The minimum Gasteiger partial charge on any atom is -0.355 e. The highest BCUT2D eigenvalue weighted by Crippen LogP contribution is 2.37. The minimum atomic E-state index is -0.131. The monoisotopic (exact) mass is 337 g/mol. The fourth-order valence-corrected chi connectivity index (χ4v) is 4.00. The molecule has 24 heavy (non-hydrogen) atoms. The normalized spacial score (nSPS) is 24.5. The molecule has 2 aliphatic rings. The van der Waals surface area contributed by atoms with Crippen molar-refractivity contribution in [3.05, 3.63) is 0 Å². The first-order valence-electron chi connectivity index (χ1n) is 8.98. The van der Waals surface area contributed by atoms with Gasteiger partial charge in [0.2, 0.25) is 17.7 Å². The lowest BCUT2D eigenvalue weighted by Crippen LogP contribution is -2.41. The molecule has 0 aromatic carbocycles. The van der Waals surface area contributed by atoms with Crippen LogP contribution in [0.3, 0.4) is 0 Å². The zero-order valence-corrected chi connectivity index (χ0v) is 15.4. The van der Waals surface area contributed by atoms with E-state index in [2.05, 4.69) is 24.1 Å². The summed E-state index contributed by atoms with van der Waals surface area (Å²) in [7, 11) is 4.02. The summed E-state index contributed by atoms with van der Waals surface area (Å²) in [5.74, 6) is -0.491. The van der Waals surface area contributed by atoms with Gasteiger partial charge in [0.25, 0.3) is 0 Å². The third kappa shape index (κ3) is 4.56. The van der Waals surface area contributed by atoms with E-state index >= 15 is 0 Å². The molecule has 1 saturated heterocycles. The first-order chi connectivity index (χ1) is 11.2. The Morgan fingerprint density at radius 2 is 1.71 bits per heavy atom. The Balaban J connectivity index is 1.79. The molecule has 0 spiro atoms. The molecule has 2 atom stereocenters. The number of likely N-dealkylation sites (tertiary alicyclic amines) is 1. The molecule has 6 heteroatoms. The van der Waals surface area contributed by atoms with E-state index in [1.165, 1.54) is 4.90 Å². The molecule has 2 rings (SSSR count). The summed E-state index contributed by atoms with van der Waals surface area (Å²) < 4.78 is 0. The molecular formula is C18H31N3O3. The molecule has 1 aliphatic heterocycles. The van der Waals surface area contributed by atoms with E-state index in [9.17, 15) is 14.4 Å². The van der Waals surface area contributed by atoms with E-state index in [1.807, 2.05) is 14.1 Å². The van der Waals surface area contributed by atoms with Gasteiger partial charge in [-0.1, -0.05) is 26.7 Å². The molecule has 0 bridgehead atoms. The molecule has 0 unspecified atom stereocenters. The number of hydrogen-bond acceptors (Lipinski definition) is 4. The summed E-state index contributed by atoms with van der Waals surface area (Å²) >= 11 is 0. The molecule has 0 radical (unpaired) electrons. The van der Waals surface area contributed by atoms with Crippen molar-refractivity contribution >= 4 is 17.7 Å². The summed E-state index contributed by atoms with van der Waals surface area (Å²) in [5, 5.41) is 2.93. The van der Waals surface area contributed by atoms with Crippen LogP contribution in [-0.4, -0.2) is 61.3 Å². The fraction of sp³-hybridized carbons (Fsp3) is 0.833. The summed E-state index contributed by atoms with van der Waals surface area (Å²) in [6.07, 6.45) is 3.87. The highest BCUT2D eigenvalue weighted by atomic mass is 16.2. The second-order valence-electron chi connectivity index (χ2n) is 8.25. The third-order valence-corrected chi connectivity index (χ3v) is 5.00. The van der Waals surface area contributed by atoms with Crippen LogP contribution in [-0.2, 0) is 14.4 Å². The highest BCUT2D eigenvalue weighted by molar-refractivity contribution is 6.05. The quantitative estimate of drug-likeness (QED) is 0.710. The van der Waals surface area contributed by atoms with E-state index < -0.39 is 0 Å². The largest absolute Gasteiger partial charge is 0.355 e. The molecule has 1 heterocycles. The van der Waals surface area contributed by atoms with Gasteiger partial charge in [0, 0.05) is 26.1 Å². The Bertz CT molecular complexity index is 478. The standard InChI is InChI=1S/C18H31N3O3/c1-18(2,12-20(3)4)11-19-15(22)9-10-21-16(23)13-7-5-6-8-14(13)17(21)24/h13-14H,5-12H2,1-4H3,(H,19,22)/t13-,14+. The van der Waals surface area contributed by atoms with Crippen molar-refractivity contribution in [1.29, 1.82) is 0 Å². The second kappa shape index (κ2) is 7.64. The average Bonchev–Trinajstić information content (AvgIpc) is 2.74. The number of hydrogen-bond donors (Lipinski definition) is 1. The summed E-state index contributed by atoms with van der Waals surface area (Å²) in [6, 6.07) is 0. The van der Waals surface area contributed by atoms with Gasteiger partial charge in [-0.3, -0.25) is 19.3 Å². The van der Waals surface area contributed by atoms with Crippen molar-refractivity contribution in [3.8, 4) is 0 Å². The molecule has 2 fully saturated rings. The molecule has 1 N–H and O–H groups in total. The lowest BCUT2D eigenvalue weighted by atomic mass is 9.81. The number of nitrogens with one attached hydrogen (secondary N) is 1. The van der Waals surface area contributed by atoms with Gasteiger partial charge in [0.15, 0.2) is 0 Å². The van der Waals surface area contributed by atoms with Gasteiger partial charge in [-0.2, -0.15) is 0 Å². The van der Waals surface area contributed by atoms with Gasteiger partial charge in [0.1, 0.15) is 0 Å². The van der Waals surface area contributed by atoms with E-state index in [-0.39, 0.29) is 47.9 Å². The topological polar surface area (TPSA) is 69.7 Å². The van der Waals surface area contributed by atoms with Crippen molar-refractivity contribution in [2.75, 3.05) is 33.7 Å². The van der Waals surface area contributed by atoms with Gasteiger partial charge in [-0.25, -0.2) is 0 Å². The zero-order chi connectivity index (χ0) is 17.9. The van der Waals surface area contributed by atoms with Crippen molar-refractivity contribution < 1.29 is 14.4 Å². The van der Waals surface area contributed by atoms with E-state index in [0.717, 1.165) is 32.2 Å². The molecule has 1 aliphatic carbocycles. The predicted octanol–water partition coefficient (Wildman–Crippen LogP) is 1.26. The van der Waals surface area contributed by atoms with Crippen LogP contribution in [0, 0.1) is 17.3 Å². The Labute approximate surface area is 144 Å². The average molecular weight is 337 g/mol. The van der Waals surface area contributed by atoms with Gasteiger partial charge < -0.3 is 10.2 Å². The molecule has 0 aromatic heterocycles. The maximum Gasteiger partial charge on any atom is 0.233 e. The third-order valence-electron chi connectivity index (χ3n) is 5.00. The van der Waals surface area contributed by atoms with Gasteiger partial charge in [-0.05, 0) is 32.4 Å². The number of amides is 3. The SMILES string of the molecule is CN(C)CC(C)(C)CNC(=O)CCN1C(=O)[C@H]2CCCC[C@H]2C1=O. The van der Waals surface area contributed by atoms with E-state index in [4.69, 9.17) is 0 Å². The molecular weight excluding hydrogens is 306 g/mol. The Morgan fingerprint density at radius 3 is 2.21 bits per heavy atom. The van der Waals surface area contributed by atoms with Crippen LogP contribution < -0.4 is 5.32 Å². The lowest BCUT2D eigenvalue weighted by Gasteiger charge is -2.28. The lowest BCUT2D eigenvalue weighted by molar-refractivity contribution is -0.140.